The molecule has 0 aliphatic heterocycles. The van der Waals surface area contributed by atoms with Gasteiger partial charge in [0.25, 0.3) is 5.91 Å². The third kappa shape index (κ3) is 20.8. The first-order valence-corrected chi connectivity index (χ1v) is 14.0. The van der Waals surface area contributed by atoms with Crippen LogP contribution < -0.4 is 5.32 Å². The Morgan fingerprint density at radius 2 is 0.938 bits per heavy atom. The smallest absolute Gasteiger partial charge is 0.252 e. The van der Waals surface area contributed by atoms with E-state index < -0.39 is 0 Å². The summed E-state index contributed by atoms with van der Waals surface area (Å²) in [6.07, 6.45) is 28.4. The maximum absolute atomic E-state index is 11.9. The summed E-state index contributed by atoms with van der Waals surface area (Å²) < 4.78 is 0. The minimum Gasteiger partial charge on any atom is -0.292 e. The SMILES string of the molecule is C=C(C)C(=O)NC(=O)C(C)CCCCCCCCCCCCCCCCCCCCCC. The molecular formula is C29H55NO2. The van der Waals surface area contributed by atoms with Gasteiger partial charge in [0.15, 0.2) is 0 Å². The summed E-state index contributed by atoms with van der Waals surface area (Å²) in [5.41, 5.74) is 0.379. The van der Waals surface area contributed by atoms with Crippen LogP contribution >= 0.6 is 0 Å². The van der Waals surface area contributed by atoms with Crippen molar-refractivity contribution in [1.82, 2.24) is 5.32 Å². The van der Waals surface area contributed by atoms with E-state index in [1.165, 1.54) is 122 Å². The summed E-state index contributed by atoms with van der Waals surface area (Å²) in [5.74, 6) is -0.630. The van der Waals surface area contributed by atoms with E-state index in [4.69, 9.17) is 0 Å². The summed E-state index contributed by atoms with van der Waals surface area (Å²) in [5, 5.41) is 2.41. The van der Waals surface area contributed by atoms with Gasteiger partial charge in [-0.05, 0) is 13.3 Å². The summed E-state index contributed by atoms with van der Waals surface area (Å²) in [6, 6.07) is 0. The molecule has 0 aromatic heterocycles. The van der Waals surface area contributed by atoms with Gasteiger partial charge in [0.1, 0.15) is 0 Å². The molecule has 32 heavy (non-hydrogen) atoms. The zero-order chi connectivity index (χ0) is 23.9. The highest BCUT2D eigenvalue weighted by molar-refractivity contribution is 6.04. The molecule has 0 aromatic rings. The summed E-state index contributed by atoms with van der Waals surface area (Å²) >= 11 is 0. The highest BCUT2D eigenvalue weighted by Crippen LogP contribution is 2.16. The van der Waals surface area contributed by atoms with Crippen LogP contribution in [0.3, 0.4) is 0 Å². The fourth-order valence-corrected chi connectivity index (χ4v) is 4.18. The van der Waals surface area contributed by atoms with E-state index in [1.54, 1.807) is 6.92 Å². The van der Waals surface area contributed by atoms with Gasteiger partial charge in [-0.3, -0.25) is 14.9 Å². The van der Waals surface area contributed by atoms with Gasteiger partial charge in [0.05, 0.1) is 0 Å². The van der Waals surface area contributed by atoms with Crippen LogP contribution in [0, 0.1) is 5.92 Å². The molecule has 1 atom stereocenters. The number of unbranched alkanes of at least 4 members (excludes halogenated alkanes) is 19. The number of carbonyl (C=O) groups is 2. The van der Waals surface area contributed by atoms with Gasteiger partial charge in [-0.1, -0.05) is 149 Å². The minimum atomic E-state index is -0.356. The van der Waals surface area contributed by atoms with Gasteiger partial charge in [-0.2, -0.15) is 0 Å². The molecule has 0 radical (unpaired) electrons. The van der Waals surface area contributed by atoms with Crippen LogP contribution in [0.5, 0.6) is 0 Å². The molecule has 1 N–H and O–H groups in total. The molecule has 0 saturated carbocycles. The monoisotopic (exact) mass is 449 g/mol. The van der Waals surface area contributed by atoms with Crippen LogP contribution in [0.2, 0.25) is 0 Å². The van der Waals surface area contributed by atoms with Crippen LogP contribution in [0.1, 0.15) is 156 Å². The van der Waals surface area contributed by atoms with Gasteiger partial charge < -0.3 is 0 Å². The Morgan fingerprint density at radius 3 is 1.25 bits per heavy atom. The molecular weight excluding hydrogens is 394 g/mol. The molecule has 0 spiro atoms. The fourth-order valence-electron chi connectivity index (χ4n) is 4.18. The predicted octanol–water partition coefficient (Wildman–Crippen LogP) is 9.05. The number of carbonyl (C=O) groups excluding carboxylic acids is 2. The van der Waals surface area contributed by atoms with Crippen molar-refractivity contribution in [2.45, 2.75) is 156 Å². The highest BCUT2D eigenvalue weighted by Gasteiger charge is 2.15. The van der Waals surface area contributed by atoms with Crippen molar-refractivity contribution in [3.63, 3.8) is 0 Å². The van der Waals surface area contributed by atoms with Crippen molar-refractivity contribution in [1.29, 1.82) is 0 Å². The molecule has 188 valence electrons. The number of nitrogens with one attached hydrogen (secondary N) is 1. The number of hydrogen-bond acceptors (Lipinski definition) is 2. The number of amides is 2. The second-order valence-electron chi connectivity index (χ2n) is 10.0. The van der Waals surface area contributed by atoms with Gasteiger partial charge in [0.2, 0.25) is 5.91 Å². The topological polar surface area (TPSA) is 46.2 Å². The highest BCUT2D eigenvalue weighted by atomic mass is 16.2. The first-order chi connectivity index (χ1) is 15.5. The molecule has 0 aliphatic carbocycles. The molecule has 0 bridgehead atoms. The molecule has 0 aliphatic rings. The summed E-state index contributed by atoms with van der Waals surface area (Å²) in [7, 11) is 0. The normalized spacial score (nSPS) is 12.0. The molecule has 3 heteroatoms. The third-order valence-corrected chi connectivity index (χ3v) is 6.56. The summed E-state index contributed by atoms with van der Waals surface area (Å²) in [4.78, 5) is 23.4. The average Bonchev–Trinajstić information content (AvgIpc) is 2.77. The largest absolute Gasteiger partial charge is 0.292 e. The van der Waals surface area contributed by atoms with Gasteiger partial charge in [0, 0.05) is 11.5 Å². The maximum atomic E-state index is 11.9. The van der Waals surface area contributed by atoms with E-state index in [0.717, 1.165) is 12.8 Å². The number of rotatable bonds is 23. The molecule has 0 heterocycles. The molecule has 0 fully saturated rings. The molecule has 1 unspecified atom stereocenters. The van der Waals surface area contributed by atoms with E-state index in [2.05, 4.69) is 18.8 Å². The van der Waals surface area contributed by atoms with Gasteiger partial charge in [-0.25, -0.2) is 0 Å². The Kier molecular flexibility index (Phi) is 22.2. The van der Waals surface area contributed by atoms with Crippen LogP contribution in [-0.2, 0) is 9.59 Å². The van der Waals surface area contributed by atoms with E-state index in [0.29, 0.717) is 5.57 Å². The van der Waals surface area contributed by atoms with Crippen molar-refractivity contribution in [2.24, 2.45) is 5.92 Å². The molecule has 0 rings (SSSR count). The standard InChI is InChI=1S/C29H55NO2/c1-5-6-7-8-9-10-11-12-13-14-15-16-17-18-19-20-21-22-23-24-25-27(4)29(32)30-28(31)26(2)3/h27H,2,5-25H2,1,3-4H3,(H,30,31,32). The van der Waals surface area contributed by atoms with Gasteiger partial charge >= 0.3 is 0 Å². The molecule has 0 saturated heterocycles. The number of hydrogen-bond donors (Lipinski definition) is 1. The van der Waals surface area contributed by atoms with E-state index in [9.17, 15) is 9.59 Å². The van der Waals surface area contributed by atoms with Gasteiger partial charge in [-0.15, -0.1) is 0 Å². The van der Waals surface area contributed by atoms with E-state index in [1.807, 2.05) is 6.92 Å². The lowest BCUT2D eigenvalue weighted by Gasteiger charge is -2.11. The zero-order valence-corrected chi connectivity index (χ0v) is 22.0. The first-order valence-electron chi connectivity index (χ1n) is 14.0. The van der Waals surface area contributed by atoms with E-state index >= 15 is 0 Å². The third-order valence-electron chi connectivity index (χ3n) is 6.56. The van der Waals surface area contributed by atoms with Crippen LogP contribution in [0.4, 0.5) is 0 Å². The Hall–Kier alpha value is -1.12. The first kappa shape index (κ1) is 30.9. The van der Waals surface area contributed by atoms with Crippen LogP contribution in [-0.4, -0.2) is 11.8 Å². The van der Waals surface area contributed by atoms with Crippen LogP contribution in [0.15, 0.2) is 12.2 Å². The molecule has 2 amide bonds. The van der Waals surface area contributed by atoms with Crippen molar-refractivity contribution in [3.8, 4) is 0 Å². The Morgan fingerprint density at radius 1 is 0.625 bits per heavy atom. The predicted molar refractivity (Wildman–Crippen MR) is 140 cm³/mol. The van der Waals surface area contributed by atoms with Crippen molar-refractivity contribution < 1.29 is 9.59 Å². The minimum absolute atomic E-state index is 0.103. The quantitative estimate of drug-likeness (QED) is 0.125. The van der Waals surface area contributed by atoms with Crippen molar-refractivity contribution in [3.05, 3.63) is 12.2 Å². The number of imide groups is 1. The van der Waals surface area contributed by atoms with Crippen LogP contribution in [0.25, 0.3) is 0 Å². The fraction of sp³-hybridized carbons (Fsp3) is 0.862. The Bertz CT molecular complexity index is 472. The lowest BCUT2D eigenvalue weighted by Crippen LogP contribution is -2.34. The zero-order valence-electron chi connectivity index (χ0n) is 22.0. The average molecular weight is 450 g/mol. The molecule has 3 nitrogen and oxygen atoms in total. The van der Waals surface area contributed by atoms with E-state index in [-0.39, 0.29) is 17.7 Å². The summed E-state index contributed by atoms with van der Waals surface area (Å²) in [6.45, 7) is 9.36. The molecule has 0 aromatic carbocycles. The second kappa shape index (κ2) is 23.1. The van der Waals surface area contributed by atoms with Crippen molar-refractivity contribution >= 4 is 11.8 Å². The maximum Gasteiger partial charge on any atom is 0.252 e. The second-order valence-corrected chi connectivity index (χ2v) is 10.0. The van der Waals surface area contributed by atoms with Crippen molar-refractivity contribution in [2.75, 3.05) is 0 Å². The lowest BCUT2D eigenvalue weighted by molar-refractivity contribution is -0.130. The Balaban J connectivity index is 3.26. The Labute approximate surface area is 200 Å². The lowest BCUT2D eigenvalue weighted by atomic mass is 10.00.